The van der Waals surface area contributed by atoms with Crippen LogP contribution in [0, 0.1) is 0 Å². The minimum atomic E-state index is -0.239. The van der Waals surface area contributed by atoms with Crippen LogP contribution in [0.1, 0.15) is 32.3 Å². The van der Waals surface area contributed by atoms with Gasteiger partial charge in [0.15, 0.2) is 0 Å². The Morgan fingerprint density at radius 3 is 2.09 bits per heavy atom. The van der Waals surface area contributed by atoms with E-state index in [1.54, 1.807) is 36.4 Å². The predicted octanol–water partition coefficient (Wildman–Crippen LogP) is 2.26. The summed E-state index contributed by atoms with van der Waals surface area (Å²) in [6.07, 6.45) is 0. The molecule has 0 radical (unpaired) electrons. The van der Waals surface area contributed by atoms with Crippen molar-refractivity contribution in [2.45, 2.75) is 6.04 Å². The summed E-state index contributed by atoms with van der Waals surface area (Å²) in [5, 5.41) is 3.06. The zero-order valence-corrected chi connectivity index (χ0v) is 12.0. The Morgan fingerprint density at radius 2 is 1.55 bits per heavy atom. The SMILES string of the molecule is COc1ccc(C2CN2N2C(=O)c3ccccc3C2=O)cc1. The maximum Gasteiger partial charge on any atom is 0.276 e. The first kappa shape index (κ1) is 13.0. The van der Waals surface area contributed by atoms with E-state index in [0.29, 0.717) is 17.7 Å². The number of hydrazine groups is 1. The molecule has 0 aromatic heterocycles. The molecule has 5 heteroatoms. The number of ether oxygens (including phenoxy) is 1. The average molecular weight is 294 g/mol. The summed E-state index contributed by atoms with van der Waals surface area (Å²) >= 11 is 0. The third-order valence-corrected chi connectivity index (χ3v) is 4.12. The zero-order valence-electron chi connectivity index (χ0n) is 12.0. The van der Waals surface area contributed by atoms with Crippen molar-refractivity contribution >= 4 is 11.8 Å². The van der Waals surface area contributed by atoms with E-state index >= 15 is 0 Å². The molecule has 1 fully saturated rings. The Hall–Kier alpha value is -2.66. The van der Waals surface area contributed by atoms with Gasteiger partial charge in [-0.1, -0.05) is 24.3 Å². The highest BCUT2D eigenvalue weighted by Crippen LogP contribution is 2.40. The van der Waals surface area contributed by atoms with Crippen LogP contribution in [0.4, 0.5) is 0 Å². The first-order valence-corrected chi connectivity index (χ1v) is 7.09. The van der Waals surface area contributed by atoms with Crippen molar-refractivity contribution in [2.24, 2.45) is 0 Å². The van der Waals surface area contributed by atoms with Gasteiger partial charge in [-0.3, -0.25) is 9.59 Å². The van der Waals surface area contributed by atoms with Crippen molar-refractivity contribution in [1.29, 1.82) is 0 Å². The molecule has 5 nitrogen and oxygen atoms in total. The minimum absolute atomic E-state index is 0.0631. The van der Waals surface area contributed by atoms with Gasteiger partial charge in [0.2, 0.25) is 0 Å². The molecule has 2 aliphatic rings. The summed E-state index contributed by atoms with van der Waals surface area (Å²) in [7, 11) is 1.62. The van der Waals surface area contributed by atoms with Gasteiger partial charge in [0.25, 0.3) is 11.8 Å². The Morgan fingerprint density at radius 1 is 0.955 bits per heavy atom. The molecule has 2 unspecified atom stereocenters. The first-order chi connectivity index (χ1) is 10.7. The maximum absolute atomic E-state index is 12.4. The van der Waals surface area contributed by atoms with Gasteiger partial charge in [-0.15, -0.1) is 0 Å². The first-order valence-electron chi connectivity index (χ1n) is 7.09. The monoisotopic (exact) mass is 294 g/mol. The number of fused-ring (bicyclic) bond motifs is 1. The van der Waals surface area contributed by atoms with E-state index < -0.39 is 0 Å². The fraction of sp³-hybridized carbons (Fsp3) is 0.176. The van der Waals surface area contributed by atoms with Gasteiger partial charge in [-0.2, -0.15) is 5.01 Å². The summed E-state index contributed by atoms with van der Waals surface area (Å²) in [5.41, 5.74) is 2.03. The lowest BCUT2D eigenvalue weighted by Gasteiger charge is -2.15. The molecule has 110 valence electrons. The van der Waals surface area contributed by atoms with Crippen LogP contribution in [-0.4, -0.2) is 35.5 Å². The van der Waals surface area contributed by atoms with Gasteiger partial charge in [0.05, 0.1) is 24.3 Å². The Kier molecular flexibility index (Phi) is 2.77. The third-order valence-electron chi connectivity index (χ3n) is 4.12. The number of methoxy groups -OCH3 is 1. The molecule has 0 saturated carbocycles. The molecule has 2 aromatic carbocycles. The van der Waals surface area contributed by atoms with Gasteiger partial charge in [-0.25, -0.2) is 5.01 Å². The van der Waals surface area contributed by atoms with E-state index in [2.05, 4.69) is 0 Å². The highest BCUT2D eigenvalue weighted by molar-refractivity contribution is 6.21. The van der Waals surface area contributed by atoms with Gasteiger partial charge < -0.3 is 4.74 Å². The lowest BCUT2D eigenvalue weighted by atomic mass is 10.1. The average Bonchev–Trinajstić information content (AvgIpc) is 3.30. The quantitative estimate of drug-likeness (QED) is 0.643. The number of rotatable bonds is 3. The van der Waals surface area contributed by atoms with E-state index in [0.717, 1.165) is 11.3 Å². The Bertz CT molecular complexity index is 735. The molecule has 2 atom stereocenters. The van der Waals surface area contributed by atoms with Crippen LogP contribution >= 0.6 is 0 Å². The van der Waals surface area contributed by atoms with E-state index in [1.807, 2.05) is 24.3 Å². The summed E-state index contributed by atoms with van der Waals surface area (Å²) in [4.78, 5) is 24.8. The van der Waals surface area contributed by atoms with Crippen molar-refractivity contribution in [1.82, 2.24) is 10.0 Å². The number of carbonyl (C=O) groups excluding carboxylic acids is 2. The number of carbonyl (C=O) groups is 2. The molecule has 4 rings (SSSR count). The van der Waals surface area contributed by atoms with Crippen LogP contribution in [0.15, 0.2) is 48.5 Å². The number of hydrogen-bond acceptors (Lipinski definition) is 4. The fourth-order valence-electron chi connectivity index (χ4n) is 2.86. The van der Waals surface area contributed by atoms with Gasteiger partial charge in [0, 0.05) is 6.54 Å². The van der Waals surface area contributed by atoms with E-state index in [4.69, 9.17) is 4.74 Å². The zero-order chi connectivity index (χ0) is 15.3. The van der Waals surface area contributed by atoms with Crippen LogP contribution in [0.25, 0.3) is 0 Å². The molecular weight excluding hydrogens is 280 g/mol. The molecule has 22 heavy (non-hydrogen) atoms. The van der Waals surface area contributed by atoms with Crippen LogP contribution in [0.2, 0.25) is 0 Å². The number of benzene rings is 2. The highest BCUT2D eigenvalue weighted by atomic mass is 16.5. The van der Waals surface area contributed by atoms with Crippen LogP contribution in [0.5, 0.6) is 5.75 Å². The molecule has 0 spiro atoms. The number of amides is 2. The summed E-state index contributed by atoms with van der Waals surface area (Å²) in [6, 6.07) is 14.7. The van der Waals surface area contributed by atoms with Crippen molar-refractivity contribution < 1.29 is 14.3 Å². The molecule has 1 saturated heterocycles. The number of imide groups is 1. The summed E-state index contributed by atoms with van der Waals surface area (Å²) < 4.78 is 5.14. The number of hydrogen-bond donors (Lipinski definition) is 0. The fourth-order valence-corrected chi connectivity index (χ4v) is 2.86. The minimum Gasteiger partial charge on any atom is -0.497 e. The maximum atomic E-state index is 12.4. The summed E-state index contributed by atoms with van der Waals surface area (Å²) in [5.74, 6) is 0.310. The van der Waals surface area contributed by atoms with E-state index in [-0.39, 0.29) is 17.9 Å². The highest BCUT2D eigenvalue weighted by Gasteiger charge is 2.49. The standard InChI is InChI=1S/C17H14N2O3/c1-22-12-8-6-11(7-9-12)15-10-18(15)19-16(20)13-4-2-3-5-14(13)17(19)21/h2-9,15H,10H2,1H3. The van der Waals surface area contributed by atoms with Gasteiger partial charge in [0.1, 0.15) is 5.75 Å². The Balaban J connectivity index is 1.58. The van der Waals surface area contributed by atoms with Gasteiger partial charge in [-0.05, 0) is 29.8 Å². The molecule has 2 amide bonds. The van der Waals surface area contributed by atoms with E-state index in [1.165, 1.54) is 5.01 Å². The van der Waals surface area contributed by atoms with Crippen molar-refractivity contribution in [3.05, 3.63) is 65.2 Å². The van der Waals surface area contributed by atoms with Crippen molar-refractivity contribution in [3.8, 4) is 5.75 Å². The van der Waals surface area contributed by atoms with Crippen LogP contribution < -0.4 is 4.74 Å². The topological polar surface area (TPSA) is 49.6 Å². The third kappa shape index (κ3) is 1.83. The molecule has 0 N–H and O–H groups in total. The normalized spacial score (nSPS) is 22.7. The predicted molar refractivity (Wildman–Crippen MR) is 79.4 cm³/mol. The second-order valence-corrected chi connectivity index (χ2v) is 5.38. The molecular formula is C17H14N2O3. The van der Waals surface area contributed by atoms with Crippen LogP contribution in [-0.2, 0) is 0 Å². The molecule has 2 aliphatic heterocycles. The lowest BCUT2D eigenvalue weighted by Crippen LogP contribution is -2.35. The summed E-state index contributed by atoms with van der Waals surface area (Å²) in [6.45, 7) is 0.664. The molecule has 0 aliphatic carbocycles. The molecule has 0 bridgehead atoms. The van der Waals surface area contributed by atoms with Crippen molar-refractivity contribution in [2.75, 3.05) is 13.7 Å². The van der Waals surface area contributed by atoms with Gasteiger partial charge >= 0.3 is 0 Å². The van der Waals surface area contributed by atoms with Crippen molar-refractivity contribution in [3.63, 3.8) is 0 Å². The molecule has 2 aromatic rings. The number of nitrogens with zero attached hydrogens (tertiary/aromatic N) is 2. The van der Waals surface area contributed by atoms with Crippen LogP contribution in [0.3, 0.4) is 0 Å². The Labute approximate surface area is 127 Å². The largest absolute Gasteiger partial charge is 0.497 e. The smallest absolute Gasteiger partial charge is 0.276 e. The lowest BCUT2D eigenvalue weighted by molar-refractivity contribution is 0.0370. The van der Waals surface area contributed by atoms with E-state index in [9.17, 15) is 9.59 Å². The second kappa shape index (κ2) is 4.68. The molecule has 2 heterocycles. The second-order valence-electron chi connectivity index (χ2n) is 5.38.